The highest BCUT2D eigenvalue weighted by atomic mass is 15.2. The quantitative estimate of drug-likeness (QED) is 0.801. The third-order valence-electron chi connectivity index (χ3n) is 3.70. The Morgan fingerprint density at radius 3 is 2.84 bits per heavy atom. The highest BCUT2D eigenvalue weighted by molar-refractivity contribution is 5.48. The number of nitrogens with one attached hydrogen (secondary N) is 1. The van der Waals surface area contributed by atoms with E-state index in [2.05, 4.69) is 39.2 Å². The van der Waals surface area contributed by atoms with Crippen LogP contribution in [0.3, 0.4) is 0 Å². The molecule has 0 spiro atoms. The topological polar surface area (TPSA) is 70.3 Å². The highest BCUT2D eigenvalue weighted by Crippen LogP contribution is 2.21. The van der Waals surface area contributed by atoms with Crippen LogP contribution in [0.15, 0.2) is 12.4 Å². The summed E-state index contributed by atoms with van der Waals surface area (Å²) in [4.78, 5) is 13.2. The zero-order valence-electron chi connectivity index (χ0n) is 11.8. The molecule has 1 aromatic heterocycles. The first-order valence-electron chi connectivity index (χ1n) is 6.88. The van der Waals surface area contributed by atoms with Gasteiger partial charge in [0.15, 0.2) is 0 Å². The van der Waals surface area contributed by atoms with Gasteiger partial charge in [-0.1, -0.05) is 0 Å². The summed E-state index contributed by atoms with van der Waals surface area (Å²) in [5.41, 5.74) is 5.48. The van der Waals surface area contributed by atoms with E-state index in [-0.39, 0.29) is 0 Å². The number of hydrogen-bond acceptors (Lipinski definition) is 6. The molecule has 0 radical (unpaired) electrons. The van der Waals surface area contributed by atoms with Crippen molar-refractivity contribution in [2.24, 2.45) is 5.73 Å². The van der Waals surface area contributed by atoms with Gasteiger partial charge in [0.25, 0.3) is 0 Å². The molecular formula is C13H24N6. The van der Waals surface area contributed by atoms with Crippen molar-refractivity contribution in [2.75, 3.05) is 50.5 Å². The maximum absolute atomic E-state index is 5.48. The molecule has 1 fully saturated rings. The summed E-state index contributed by atoms with van der Waals surface area (Å²) in [5.74, 6) is 1.82. The van der Waals surface area contributed by atoms with E-state index in [1.807, 2.05) is 6.07 Å². The number of hydrogen-bond donors (Lipinski definition) is 2. The van der Waals surface area contributed by atoms with Gasteiger partial charge in [0.2, 0.25) is 0 Å². The van der Waals surface area contributed by atoms with Crippen LogP contribution in [0.25, 0.3) is 0 Å². The monoisotopic (exact) mass is 264 g/mol. The SMILES string of the molecule is CN1CCC(N(C)c2cc(NCCN)ncn2)CC1. The molecule has 0 unspecified atom stereocenters. The second-order valence-electron chi connectivity index (χ2n) is 5.12. The van der Waals surface area contributed by atoms with Crippen molar-refractivity contribution >= 4 is 11.6 Å². The maximum atomic E-state index is 5.48. The number of nitrogens with two attached hydrogens (primary N) is 1. The molecule has 0 saturated carbocycles. The summed E-state index contributed by atoms with van der Waals surface area (Å²) in [6, 6.07) is 2.56. The molecule has 2 heterocycles. The Bertz CT molecular complexity index is 388. The van der Waals surface area contributed by atoms with Gasteiger partial charge >= 0.3 is 0 Å². The third-order valence-corrected chi connectivity index (χ3v) is 3.70. The lowest BCUT2D eigenvalue weighted by molar-refractivity contribution is 0.252. The first-order chi connectivity index (χ1) is 9.20. The van der Waals surface area contributed by atoms with Gasteiger partial charge in [0, 0.05) is 32.2 Å². The number of rotatable bonds is 5. The summed E-state index contributed by atoms with van der Waals surface area (Å²) in [5, 5.41) is 3.19. The standard InChI is InChI=1S/C13H24N6/c1-18-7-3-11(4-8-18)19(2)13-9-12(15-6-5-14)16-10-17-13/h9-11H,3-8,14H2,1-2H3,(H,15,16,17). The smallest absolute Gasteiger partial charge is 0.134 e. The molecule has 6 nitrogen and oxygen atoms in total. The number of nitrogens with zero attached hydrogens (tertiary/aromatic N) is 4. The Hall–Kier alpha value is -1.40. The van der Waals surface area contributed by atoms with Crippen molar-refractivity contribution in [3.05, 3.63) is 12.4 Å². The fourth-order valence-electron chi connectivity index (χ4n) is 2.41. The van der Waals surface area contributed by atoms with Crippen LogP contribution in [0.2, 0.25) is 0 Å². The van der Waals surface area contributed by atoms with E-state index in [1.165, 1.54) is 12.8 Å². The maximum Gasteiger partial charge on any atom is 0.134 e. The summed E-state index contributed by atoms with van der Waals surface area (Å²) in [6.07, 6.45) is 3.98. The lowest BCUT2D eigenvalue weighted by Gasteiger charge is -2.35. The first-order valence-corrected chi connectivity index (χ1v) is 6.88. The van der Waals surface area contributed by atoms with Crippen molar-refractivity contribution in [2.45, 2.75) is 18.9 Å². The van der Waals surface area contributed by atoms with Crippen LogP contribution in [0, 0.1) is 0 Å². The van der Waals surface area contributed by atoms with Gasteiger partial charge in [-0.25, -0.2) is 9.97 Å². The number of piperidine rings is 1. The van der Waals surface area contributed by atoms with E-state index in [9.17, 15) is 0 Å². The van der Waals surface area contributed by atoms with E-state index in [1.54, 1.807) is 6.33 Å². The van der Waals surface area contributed by atoms with E-state index in [4.69, 9.17) is 5.73 Å². The molecular weight excluding hydrogens is 240 g/mol. The van der Waals surface area contributed by atoms with Gasteiger partial charge in [-0.15, -0.1) is 0 Å². The van der Waals surface area contributed by atoms with E-state index >= 15 is 0 Å². The molecule has 106 valence electrons. The van der Waals surface area contributed by atoms with Crippen molar-refractivity contribution < 1.29 is 0 Å². The fraction of sp³-hybridized carbons (Fsp3) is 0.692. The minimum absolute atomic E-state index is 0.563. The zero-order chi connectivity index (χ0) is 13.7. The van der Waals surface area contributed by atoms with Crippen LogP contribution in [-0.2, 0) is 0 Å². The second-order valence-corrected chi connectivity index (χ2v) is 5.12. The predicted octanol–water partition coefficient (Wildman–Crippen LogP) is 0.378. The summed E-state index contributed by atoms with van der Waals surface area (Å²) >= 11 is 0. The fourth-order valence-corrected chi connectivity index (χ4v) is 2.41. The number of likely N-dealkylation sites (tertiary alicyclic amines) is 1. The van der Waals surface area contributed by atoms with Gasteiger partial charge in [-0.2, -0.15) is 0 Å². The third kappa shape index (κ3) is 3.78. The first kappa shape index (κ1) is 14.0. The van der Waals surface area contributed by atoms with Crippen LogP contribution < -0.4 is 16.0 Å². The van der Waals surface area contributed by atoms with Crippen molar-refractivity contribution in [3.63, 3.8) is 0 Å². The minimum atomic E-state index is 0.563. The molecule has 1 aliphatic heterocycles. The normalized spacial score (nSPS) is 17.4. The van der Waals surface area contributed by atoms with Crippen LogP contribution >= 0.6 is 0 Å². The lowest BCUT2D eigenvalue weighted by atomic mass is 10.0. The highest BCUT2D eigenvalue weighted by Gasteiger charge is 2.21. The summed E-state index contributed by atoms with van der Waals surface area (Å²) in [6.45, 7) is 3.63. The Kier molecular flexibility index (Phi) is 4.93. The van der Waals surface area contributed by atoms with Crippen LogP contribution in [-0.4, -0.2) is 61.2 Å². The molecule has 1 aromatic rings. The second kappa shape index (κ2) is 6.68. The summed E-state index contributed by atoms with van der Waals surface area (Å²) < 4.78 is 0. The lowest BCUT2D eigenvalue weighted by Crippen LogP contribution is -2.42. The molecule has 19 heavy (non-hydrogen) atoms. The van der Waals surface area contributed by atoms with Gasteiger partial charge in [0.05, 0.1) is 0 Å². The zero-order valence-corrected chi connectivity index (χ0v) is 11.8. The van der Waals surface area contributed by atoms with Crippen LogP contribution in [0.4, 0.5) is 11.6 Å². The Balaban J connectivity index is 1.99. The molecule has 0 atom stereocenters. The largest absolute Gasteiger partial charge is 0.369 e. The van der Waals surface area contributed by atoms with Crippen molar-refractivity contribution in [1.29, 1.82) is 0 Å². The summed E-state index contributed by atoms with van der Waals surface area (Å²) in [7, 11) is 4.29. The van der Waals surface area contributed by atoms with E-state index in [0.717, 1.165) is 31.3 Å². The predicted molar refractivity (Wildman–Crippen MR) is 78.5 cm³/mol. The van der Waals surface area contributed by atoms with Crippen molar-refractivity contribution in [3.8, 4) is 0 Å². The average molecular weight is 264 g/mol. The van der Waals surface area contributed by atoms with Crippen LogP contribution in [0.5, 0.6) is 0 Å². The van der Waals surface area contributed by atoms with Crippen molar-refractivity contribution in [1.82, 2.24) is 14.9 Å². The minimum Gasteiger partial charge on any atom is -0.369 e. The molecule has 0 amide bonds. The molecule has 6 heteroatoms. The average Bonchev–Trinajstić information content (AvgIpc) is 2.45. The number of anilines is 2. The van der Waals surface area contributed by atoms with E-state index < -0.39 is 0 Å². The van der Waals surface area contributed by atoms with Gasteiger partial charge in [-0.05, 0) is 33.0 Å². The van der Waals surface area contributed by atoms with E-state index in [0.29, 0.717) is 12.6 Å². The van der Waals surface area contributed by atoms with Gasteiger partial charge < -0.3 is 20.9 Å². The molecule has 3 N–H and O–H groups in total. The van der Waals surface area contributed by atoms with Gasteiger partial charge in [0.1, 0.15) is 18.0 Å². The van der Waals surface area contributed by atoms with Crippen LogP contribution in [0.1, 0.15) is 12.8 Å². The molecule has 0 aromatic carbocycles. The molecule has 1 aliphatic rings. The molecule has 0 bridgehead atoms. The molecule has 2 rings (SSSR count). The Morgan fingerprint density at radius 2 is 2.16 bits per heavy atom. The van der Waals surface area contributed by atoms with Gasteiger partial charge in [-0.3, -0.25) is 0 Å². The number of aromatic nitrogens is 2. The Morgan fingerprint density at radius 1 is 1.42 bits per heavy atom. The Labute approximate surface area is 115 Å². The molecule has 1 saturated heterocycles. The molecule has 0 aliphatic carbocycles.